The van der Waals surface area contributed by atoms with E-state index >= 15 is 0 Å². The molecule has 0 spiro atoms. The summed E-state index contributed by atoms with van der Waals surface area (Å²) in [5.74, 6) is -3.29. The van der Waals surface area contributed by atoms with Gasteiger partial charge in [-0.3, -0.25) is 9.59 Å². The van der Waals surface area contributed by atoms with Crippen LogP contribution in [0.15, 0.2) is 84.9 Å². The van der Waals surface area contributed by atoms with Gasteiger partial charge in [0.1, 0.15) is 39.8 Å². The first-order chi connectivity index (χ1) is 37.6. The first kappa shape index (κ1) is 70.2. The van der Waals surface area contributed by atoms with Gasteiger partial charge in [0, 0.05) is 24.9 Å². The maximum atomic E-state index is 14.3. The summed E-state index contributed by atoms with van der Waals surface area (Å²) in [6.45, 7) is 13.6. The van der Waals surface area contributed by atoms with E-state index in [4.69, 9.17) is 14.2 Å². The number of esters is 1. The molecule has 462 valence electrons. The molecule has 1 amide bonds. The van der Waals surface area contributed by atoms with Crippen LogP contribution in [0.5, 0.6) is 0 Å². The topological polar surface area (TPSA) is 169 Å². The third-order valence-electron chi connectivity index (χ3n) is 16.2. The Labute approximate surface area is 479 Å². The quantitative estimate of drug-likeness (QED) is 0.0298. The van der Waals surface area contributed by atoms with Crippen molar-refractivity contribution in [1.82, 2.24) is 9.80 Å². The maximum absolute atomic E-state index is 14.3. The van der Waals surface area contributed by atoms with Crippen LogP contribution in [0.3, 0.4) is 0 Å². The number of carbonyl (C=O) groups is 2. The third kappa shape index (κ3) is 23.3. The number of aryl methyl sites for hydroxylation is 1. The van der Waals surface area contributed by atoms with E-state index in [1.165, 1.54) is 80.3 Å². The first-order valence-corrected chi connectivity index (χ1v) is 32.7. The van der Waals surface area contributed by atoms with Crippen molar-refractivity contribution in [2.45, 2.75) is 224 Å². The summed E-state index contributed by atoms with van der Waals surface area (Å²) in [5, 5.41) is 63.7. The van der Waals surface area contributed by atoms with E-state index < -0.39 is 87.6 Å². The Balaban J connectivity index is 0.00000189. The molecular weight excluding hydrogens is 1100 g/mol. The molecule has 0 unspecified atom stereocenters. The van der Waals surface area contributed by atoms with Crippen LogP contribution >= 0.6 is 15.7 Å². The molecular formula is C61H96F6N2O10P2. The number of carbonyl (C=O) groups excluding carboxylic acids is 2. The molecule has 2 aliphatic rings. The molecule has 0 bridgehead atoms. The molecule has 3 aromatic rings. The Morgan fingerprint density at radius 3 is 1.68 bits per heavy atom. The predicted molar refractivity (Wildman–Crippen MR) is 313 cm³/mol. The summed E-state index contributed by atoms with van der Waals surface area (Å²) < 4.78 is 77.7. The van der Waals surface area contributed by atoms with Crippen molar-refractivity contribution in [3.63, 3.8) is 0 Å². The van der Waals surface area contributed by atoms with Crippen molar-refractivity contribution < 1.29 is 74.5 Å². The molecule has 12 nitrogen and oxygen atoms in total. The number of likely N-dealkylation sites (N-methyl/N-ethyl adjacent to an activating group) is 1. The minimum atomic E-state index is -10.7. The number of benzene rings is 3. The summed E-state index contributed by atoms with van der Waals surface area (Å²) in [6, 6.07) is 30.0. The van der Waals surface area contributed by atoms with Gasteiger partial charge in [-0.15, -0.1) is 0 Å². The second-order valence-electron chi connectivity index (χ2n) is 23.9. The monoisotopic (exact) mass is 1190 g/mol. The van der Waals surface area contributed by atoms with Gasteiger partial charge in [-0.25, -0.2) is 0 Å². The molecule has 0 aliphatic carbocycles. The molecule has 5 N–H and O–H groups in total. The summed E-state index contributed by atoms with van der Waals surface area (Å²) in [6.07, 6.45) is 6.84. The molecule has 2 aliphatic heterocycles. The number of unbranched alkanes of at least 4 members (excludes halogenated alkanes) is 10. The molecule has 0 aromatic heterocycles. The van der Waals surface area contributed by atoms with Gasteiger partial charge in [0.25, 0.3) is 0 Å². The number of hydrogen-bond acceptors (Lipinski definition) is 11. The van der Waals surface area contributed by atoms with E-state index in [1.807, 2.05) is 32.8 Å². The second-order valence-corrected chi connectivity index (χ2v) is 28.3. The zero-order valence-electron chi connectivity index (χ0n) is 49.4. The van der Waals surface area contributed by atoms with Gasteiger partial charge >= 0.3 is 39.0 Å². The van der Waals surface area contributed by atoms with E-state index in [1.54, 1.807) is 32.6 Å². The molecule has 2 saturated heterocycles. The molecule has 3 aromatic carbocycles. The number of halogens is 6. The number of cyclic esters (lactones) is 1. The van der Waals surface area contributed by atoms with Gasteiger partial charge in [-0.2, -0.15) is 0 Å². The van der Waals surface area contributed by atoms with Gasteiger partial charge in [-0.1, -0.05) is 127 Å². The molecule has 0 saturated carbocycles. The van der Waals surface area contributed by atoms with Crippen LogP contribution < -0.4 is 15.9 Å². The predicted octanol–water partition coefficient (Wildman–Crippen LogP) is 11.7. The molecule has 81 heavy (non-hydrogen) atoms. The average Bonchev–Trinajstić information content (AvgIpc) is 3.39. The molecule has 14 atom stereocenters. The van der Waals surface area contributed by atoms with Crippen molar-refractivity contribution in [3.05, 3.63) is 90.5 Å². The number of ether oxygens (including phenoxy) is 3. The fraction of sp³-hybridized carbons (Fsp3) is 0.672. The minimum absolute atomic E-state index is 0.102. The summed E-state index contributed by atoms with van der Waals surface area (Å²) >= 11 is 0. The third-order valence-corrected chi connectivity index (χ3v) is 18.9. The number of amides is 1. The number of hydrogen-bond donors (Lipinski definition) is 5. The van der Waals surface area contributed by atoms with E-state index in [2.05, 4.69) is 84.9 Å². The van der Waals surface area contributed by atoms with E-state index in [9.17, 15) is 60.3 Å². The van der Waals surface area contributed by atoms with Gasteiger partial charge in [0.2, 0.25) is 5.91 Å². The summed E-state index contributed by atoms with van der Waals surface area (Å²) in [7, 11) is -7.96. The molecule has 5 rings (SSSR count). The normalized spacial score (nSPS) is 31.0. The first-order valence-electron chi connectivity index (χ1n) is 29.2. The Kier molecular flexibility index (Phi) is 26.2. The van der Waals surface area contributed by atoms with E-state index in [-0.39, 0.29) is 49.8 Å². The SMILES string of the molecule is CC[C@H]1OC(=O)[C@H](C)[C@@H](O)[C@H](C)[C@@H](O[C@@H]2O[C@H](C)C[C@H](N(C)C)[C@H]2O)[C@](C)(O)C[C@@H](C)CN(C(=O)CCCCCCCCCCCCCc2ccc([PH+](c3ccccc3)c3ccccc3)cc2)[C@H](C)[C@@H](O)[C@]1(C)O.F[P-](F)(F)(F)(F)F. The van der Waals surface area contributed by atoms with Crippen molar-refractivity contribution in [2.75, 3.05) is 20.6 Å². The summed E-state index contributed by atoms with van der Waals surface area (Å²) in [5.41, 5.74) is -2.19. The fourth-order valence-electron chi connectivity index (χ4n) is 11.7. The van der Waals surface area contributed by atoms with Crippen LogP contribution in [0.1, 0.15) is 157 Å². The number of aliphatic hydroxyl groups is 5. The van der Waals surface area contributed by atoms with Crippen LogP contribution in [0, 0.1) is 17.8 Å². The van der Waals surface area contributed by atoms with Crippen molar-refractivity contribution >= 4 is 43.5 Å². The molecule has 2 heterocycles. The van der Waals surface area contributed by atoms with Crippen LogP contribution in [0.2, 0.25) is 0 Å². The zero-order valence-corrected chi connectivity index (χ0v) is 51.3. The molecule has 2 fully saturated rings. The Bertz CT molecular complexity index is 2290. The number of rotatable bonds is 21. The average molecular weight is 1190 g/mol. The number of aliphatic hydroxyl groups excluding tert-OH is 3. The van der Waals surface area contributed by atoms with Crippen molar-refractivity contribution in [3.8, 4) is 0 Å². The standard InChI is InChI=1S/C61H95N2O10P.F6P/c1-11-52-61(8,70)56(67)46(6)63(41-42(2)40-60(7,69)57(44(4)54(65)45(5)58(68)72-52)73-59-55(66)51(62(9)10)39-43(3)71-59)53(64)34-28-20-18-16-14-12-13-15-17-19-23-29-47-35-37-50(38-36-47)74(48-30-24-21-25-31-48)49-32-26-22-27-33-49;1-7(2,3,4,5)6/h21-22,24-27,30-33,35-38,42-46,51-52,54-57,59,65-67,69-70H,11-20,23,28-29,34,39-41H2,1-10H3;/q;-1/p+1/t42-,43-,44+,45-,46-,51+,52-,54+,55-,56-,57-,59+,60-,61-;/m1./s1. The Morgan fingerprint density at radius 2 is 1.20 bits per heavy atom. The molecule has 20 heteroatoms. The van der Waals surface area contributed by atoms with Crippen LogP contribution in [-0.4, -0.2) is 134 Å². The van der Waals surface area contributed by atoms with Crippen molar-refractivity contribution in [1.29, 1.82) is 0 Å². The van der Waals surface area contributed by atoms with Crippen LogP contribution in [-0.2, 0) is 30.2 Å². The van der Waals surface area contributed by atoms with E-state index in [0.29, 0.717) is 12.8 Å². The second kappa shape index (κ2) is 30.2. The van der Waals surface area contributed by atoms with E-state index in [0.717, 1.165) is 25.7 Å². The van der Waals surface area contributed by atoms with Gasteiger partial charge in [-0.05, 0) is 135 Å². The van der Waals surface area contributed by atoms with Crippen molar-refractivity contribution in [2.24, 2.45) is 17.8 Å². The molecule has 0 radical (unpaired) electrons. The Morgan fingerprint density at radius 1 is 0.728 bits per heavy atom. The van der Waals surface area contributed by atoms with Gasteiger partial charge in [0.05, 0.1) is 43.8 Å². The van der Waals surface area contributed by atoms with Crippen LogP contribution in [0.4, 0.5) is 25.2 Å². The number of nitrogens with zero attached hydrogens (tertiary/aromatic N) is 2. The fourth-order valence-corrected chi connectivity index (χ4v) is 14.3. The van der Waals surface area contributed by atoms with Gasteiger partial charge in [0.15, 0.2) is 6.29 Å². The van der Waals surface area contributed by atoms with Gasteiger partial charge < -0.3 is 49.5 Å². The van der Waals surface area contributed by atoms with Crippen LogP contribution in [0.25, 0.3) is 0 Å². The zero-order chi connectivity index (χ0) is 60.6. The Hall–Kier alpha value is -3.28. The summed E-state index contributed by atoms with van der Waals surface area (Å²) in [4.78, 5) is 31.5.